The number of aliphatic carboxylic acids is 1. The van der Waals surface area contributed by atoms with Crippen molar-refractivity contribution in [1.82, 2.24) is 0 Å². The third-order valence-corrected chi connectivity index (χ3v) is 4.65. The van der Waals surface area contributed by atoms with Crippen LogP contribution in [0.5, 0.6) is 0 Å². The Labute approximate surface area is 88.9 Å². The van der Waals surface area contributed by atoms with E-state index in [4.69, 9.17) is 16.7 Å². The van der Waals surface area contributed by atoms with E-state index < -0.39 is 10.8 Å². The molecule has 1 N–H and O–H groups in total. The summed E-state index contributed by atoms with van der Waals surface area (Å²) in [4.78, 5) is 9.98. The van der Waals surface area contributed by atoms with Gasteiger partial charge in [0.1, 0.15) is 0 Å². The summed E-state index contributed by atoms with van der Waals surface area (Å²) in [6, 6.07) is 0. The lowest BCUT2D eigenvalue weighted by atomic mass is 9.90. The number of hydrogen-bond acceptors (Lipinski definition) is 1. The van der Waals surface area contributed by atoms with Gasteiger partial charge in [-0.25, -0.2) is 0 Å². The fourth-order valence-electron chi connectivity index (χ4n) is 2.26. The smallest absolute Gasteiger partial charge is 0.325 e. The standard InChI is InChI=1S/C11H15ClO2/c1-10(2)8(6-7-4-3-5-7)11(10,12)9(13)14/h6,8H,3-5H2,1-2H3,(H,13,14). The van der Waals surface area contributed by atoms with Gasteiger partial charge in [0.25, 0.3) is 0 Å². The molecule has 0 aromatic carbocycles. The molecule has 2 aliphatic carbocycles. The SMILES string of the molecule is CC1(C)C(C=C2CCC2)C1(Cl)C(=O)O. The molecule has 2 rings (SSSR count). The van der Waals surface area contributed by atoms with Crippen LogP contribution >= 0.6 is 11.6 Å². The predicted octanol–water partition coefficient (Wildman–Crippen LogP) is 2.81. The van der Waals surface area contributed by atoms with Gasteiger partial charge in [-0.1, -0.05) is 25.5 Å². The first kappa shape index (κ1) is 10.0. The van der Waals surface area contributed by atoms with Crippen LogP contribution in [-0.4, -0.2) is 16.0 Å². The van der Waals surface area contributed by atoms with Crippen molar-refractivity contribution in [2.45, 2.75) is 38.0 Å². The molecule has 0 aromatic rings. The van der Waals surface area contributed by atoms with Crippen LogP contribution in [0, 0.1) is 11.3 Å². The van der Waals surface area contributed by atoms with Crippen molar-refractivity contribution in [2.75, 3.05) is 0 Å². The summed E-state index contributed by atoms with van der Waals surface area (Å²) in [5.74, 6) is -0.880. The zero-order chi connectivity index (χ0) is 10.6. The molecular weight excluding hydrogens is 200 g/mol. The number of carbonyl (C=O) groups is 1. The maximum absolute atomic E-state index is 11.0. The topological polar surface area (TPSA) is 37.3 Å². The van der Waals surface area contributed by atoms with E-state index in [-0.39, 0.29) is 11.3 Å². The molecular formula is C11H15ClO2. The highest BCUT2D eigenvalue weighted by Gasteiger charge is 2.74. The first-order valence-electron chi connectivity index (χ1n) is 5.02. The molecule has 2 nitrogen and oxygen atoms in total. The molecule has 14 heavy (non-hydrogen) atoms. The Kier molecular flexibility index (Phi) is 1.97. The first-order chi connectivity index (χ1) is 6.40. The van der Waals surface area contributed by atoms with Crippen molar-refractivity contribution in [2.24, 2.45) is 11.3 Å². The van der Waals surface area contributed by atoms with Crippen LogP contribution < -0.4 is 0 Å². The molecule has 2 atom stereocenters. The highest BCUT2D eigenvalue weighted by Crippen LogP contribution is 2.67. The van der Waals surface area contributed by atoms with Crippen LogP contribution in [0.3, 0.4) is 0 Å². The zero-order valence-corrected chi connectivity index (χ0v) is 9.27. The average molecular weight is 215 g/mol. The van der Waals surface area contributed by atoms with Gasteiger partial charge in [0, 0.05) is 11.3 Å². The first-order valence-corrected chi connectivity index (χ1v) is 5.40. The second-order valence-corrected chi connectivity index (χ2v) is 5.49. The molecule has 2 unspecified atom stereocenters. The number of alkyl halides is 1. The van der Waals surface area contributed by atoms with E-state index in [9.17, 15) is 4.79 Å². The monoisotopic (exact) mass is 214 g/mol. The summed E-state index contributed by atoms with van der Waals surface area (Å²) in [6.07, 6.45) is 5.57. The van der Waals surface area contributed by atoms with Gasteiger partial charge in [0.05, 0.1) is 0 Å². The minimum absolute atomic E-state index is 0.00414. The van der Waals surface area contributed by atoms with Gasteiger partial charge in [-0.3, -0.25) is 4.79 Å². The van der Waals surface area contributed by atoms with Crippen LogP contribution in [0.15, 0.2) is 11.6 Å². The fourth-order valence-corrected chi connectivity index (χ4v) is 2.66. The molecule has 0 amide bonds. The number of carboxylic acids is 1. The minimum atomic E-state index is -1.06. The quantitative estimate of drug-likeness (QED) is 0.567. The minimum Gasteiger partial charge on any atom is -0.480 e. The summed E-state index contributed by atoms with van der Waals surface area (Å²) in [6.45, 7) is 3.85. The Morgan fingerprint density at radius 1 is 1.57 bits per heavy atom. The van der Waals surface area contributed by atoms with Gasteiger partial charge < -0.3 is 5.11 Å². The van der Waals surface area contributed by atoms with E-state index in [1.165, 1.54) is 12.0 Å². The van der Waals surface area contributed by atoms with Crippen molar-refractivity contribution in [3.8, 4) is 0 Å². The van der Waals surface area contributed by atoms with Gasteiger partial charge in [-0.05, 0) is 19.3 Å². The van der Waals surface area contributed by atoms with E-state index in [0.29, 0.717) is 0 Å². The average Bonchev–Trinajstić information content (AvgIpc) is 2.41. The van der Waals surface area contributed by atoms with E-state index in [1.807, 2.05) is 13.8 Å². The van der Waals surface area contributed by atoms with E-state index in [1.54, 1.807) is 0 Å². The van der Waals surface area contributed by atoms with Crippen LogP contribution in [0.25, 0.3) is 0 Å². The fraction of sp³-hybridized carbons (Fsp3) is 0.727. The van der Waals surface area contributed by atoms with Crippen molar-refractivity contribution in [3.63, 3.8) is 0 Å². The Bertz CT molecular complexity index is 313. The number of allylic oxidation sites excluding steroid dienone is 2. The van der Waals surface area contributed by atoms with Gasteiger partial charge >= 0.3 is 5.97 Å². The Morgan fingerprint density at radius 2 is 2.14 bits per heavy atom. The third kappa shape index (κ3) is 1.07. The molecule has 2 aliphatic rings. The molecule has 0 aliphatic heterocycles. The van der Waals surface area contributed by atoms with Gasteiger partial charge in [-0.2, -0.15) is 0 Å². The normalized spacial score (nSPS) is 38.8. The zero-order valence-electron chi connectivity index (χ0n) is 8.51. The highest BCUT2D eigenvalue weighted by atomic mass is 35.5. The third-order valence-electron chi connectivity index (χ3n) is 3.77. The molecule has 3 heteroatoms. The molecule has 0 heterocycles. The number of rotatable bonds is 2. The summed E-state index contributed by atoms with van der Waals surface area (Å²) in [5, 5.41) is 9.06. The molecule has 2 fully saturated rings. The maximum atomic E-state index is 11.0. The summed E-state index contributed by atoms with van der Waals surface area (Å²) in [7, 11) is 0. The van der Waals surface area contributed by atoms with Crippen molar-refractivity contribution >= 4 is 17.6 Å². The summed E-state index contributed by atoms with van der Waals surface area (Å²) >= 11 is 6.12. The Balaban J connectivity index is 2.19. The lowest BCUT2D eigenvalue weighted by molar-refractivity contribution is -0.138. The second-order valence-electron chi connectivity index (χ2n) is 4.89. The molecule has 0 spiro atoms. The molecule has 2 saturated carbocycles. The largest absolute Gasteiger partial charge is 0.480 e. The molecule has 0 saturated heterocycles. The second kappa shape index (κ2) is 2.75. The lowest BCUT2D eigenvalue weighted by Crippen LogP contribution is -2.21. The molecule has 0 aromatic heterocycles. The van der Waals surface area contributed by atoms with Gasteiger partial charge in [0.15, 0.2) is 4.87 Å². The summed E-state index contributed by atoms with van der Waals surface area (Å²) < 4.78 is 0. The van der Waals surface area contributed by atoms with E-state index in [2.05, 4.69) is 6.08 Å². The molecule has 0 bridgehead atoms. The van der Waals surface area contributed by atoms with Crippen molar-refractivity contribution in [3.05, 3.63) is 11.6 Å². The van der Waals surface area contributed by atoms with Crippen LogP contribution in [0.2, 0.25) is 0 Å². The van der Waals surface area contributed by atoms with Crippen molar-refractivity contribution in [1.29, 1.82) is 0 Å². The number of carboxylic acid groups (broad SMARTS) is 1. The van der Waals surface area contributed by atoms with Crippen molar-refractivity contribution < 1.29 is 9.90 Å². The molecule has 0 radical (unpaired) electrons. The van der Waals surface area contributed by atoms with Gasteiger partial charge in [-0.15, -0.1) is 11.6 Å². The Morgan fingerprint density at radius 3 is 2.43 bits per heavy atom. The number of hydrogen-bond donors (Lipinski definition) is 1. The maximum Gasteiger partial charge on any atom is 0.325 e. The van der Waals surface area contributed by atoms with Crippen LogP contribution in [-0.2, 0) is 4.79 Å². The summed E-state index contributed by atoms with van der Waals surface area (Å²) in [5.41, 5.74) is 1.08. The number of halogens is 1. The lowest BCUT2D eigenvalue weighted by Gasteiger charge is -2.16. The highest BCUT2D eigenvalue weighted by molar-refractivity contribution is 6.37. The van der Waals surface area contributed by atoms with Gasteiger partial charge in [0.2, 0.25) is 0 Å². The Hall–Kier alpha value is -0.500. The van der Waals surface area contributed by atoms with Crippen LogP contribution in [0.1, 0.15) is 33.1 Å². The van der Waals surface area contributed by atoms with Crippen LogP contribution in [0.4, 0.5) is 0 Å². The van der Waals surface area contributed by atoms with E-state index in [0.717, 1.165) is 12.8 Å². The predicted molar refractivity (Wildman–Crippen MR) is 55.4 cm³/mol. The molecule has 78 valence electrons. The van der Waals surface area contributed by atoms with E-state index >= 15 is 0 Å².